The molecule has 0 saturated carbocycles. The second-order valence-electron chi connectivity index (χ2n) is 9.38. The van der Waals surface area contributed by atoms with Crippen LogP contribution in [0.5, 0.6) is 11.5 Å². The second-order valence-corrected chi connectivity index (χ2v) is 10.2. The first-order valence-electron chi connectivity index (χ1n) is 13.0. The van der Waals surface area contributed by atoms with E-state index in [9.17, 15) is 9.59 Å². The molecule has 3 aromatic rings. The number of amidine groups is 1. The lowest BCUT2D eigenvalue weighted by atomic mass is 9.93. The molecule has 5 rings (SSSR count). The number of amides is 1. The van der Waals surface area contributed by atoms with Crippen molar-refractivity contribution in [3.63, 3.8) is 0 Å². The minimum Gasteiger partial charge on any atom is -0.497 e. The molecule has 210 valence electrons. The molecule has 0 spiro atoms. The van der Waals surface area contributed by atoms with Gasteiger partial charge in [0, 0.05) is 36.3 Å². The molecule has 2 aliphatic heterocycles. The third-order valence-electron chi connectivity index (χ3n) is 6.72. The third-order valence-corrected chi connectivity index (χ3v) is 7.61. The normalized spacial score (nSPS) is 16.0. The number of ether oxygens (including phenoxy) is 3. The van der Waals surface area contributed by atoms with Crippen LogP contribution in [0.15, 0.2) is 100 Å². The standard InChI is InChI=1S/C31H30N4O5S/c1-20-28(30(37)40-18-21-8-5-4-6-9-21)29(25-12-11-24(38-2)15-26(25)39-3)35-23(19-41-31(35)34-20)14-27(36)33-17-22-10-7-13-32-16-22/h4-13,15-16,19,29H,14,17-18H2,1-3H3,(H,33,36). The minimum atomic E-state index is -0.640. The summed E-state index contributed by atoms with van der Waals surface area (Å²) in [4.78, 5) is 37.5. The number of benzene rings is 2. The van der Waals surface area contributed by atoms with E-state index >= 15 is 0 Å². The fraction of sp³-hybridized carbons (Fsp3) is 0.226. The van der Waals surface area contributed by atoms with Gasteiger partial charge in [0.25, 0.3) is 0 Å². The quantitative estimate of drug-likeness (QED) is 0.335. The van der Waals surface area contributed by atoms with Crippen LogP contribution in [0.3, 0.4) is 0 Å². The van der Waals surface area contributed by atoms with Gasteiger partial charge in [-0.15, -0.1) is 0 Å². The number of rotatable bonds is 10. The largest absolute Gasteiger partial charge is 0.497 e. The summed E-state index contributed by atoms with van der Waals surface area (Å²) >= 11 is 1.41. The van der Waals surface area contributed by atoms with Gasteiger partial charge >= 0.3 is 5.97 Å². The molecule has 41 heavy (non-hydrogen) atoms. The fourth-order valence-electron chi connectivity index (χ4n) is 4.70. The first-order chi connectivity index (χ1) is 20.0. The van der Waals surface area contributed by atoms with Gasteiger partial charge in [-0.1, -0.05) is 48.2 Å². The lowest BCUT2D eigenvalue weighted by molar-refractivity contribution is -0.141. The van der Waals surface area contributed by atoms with Gasteiger partial charge in [-0.3, -0.25) is 9.78 Å². The number of aromatic nitrogens is 1. The number of allylic oxidation sites excluding steroid dienone is 1. The van der Waals surface area contributed by atoms with E-state index in [0.29, 0.717) is 40.2 Å². The first kappa shape index (κ1) is 28.0. The highest BCUT2D eigenvalue weighted by molar-refractivity contribution is 8.16. The first-order valence-corrected chi connectivity index (χ1v) is 13.9. The topological polar surface area (TPSA) is 102 Å². The molecule has 1 unspecified atom stereocenters. The zero-order valence-electron chi connectivity index (χ0n) is 23.0. The van der Waals surface area contributed by atoms with Gasteiger partial charge in [0.05, 0.1) is 38.0 Å². The van der Waals surface area contributed by atoms with Crippen LogP contribution >= 0.6 is 11.8 Å². The monoisotopic (exact) mass is 570 g/mol. The van der Waals surface area contributed by atoms with Crippen molar-refractivity contribution in [3.8, 4) is 11.5 Å². The number of fused-ring (bicyclic) bond motifs is 1. The molecule has 2 aliphatic rings. The van der Waals surface area contributed by atoms with E-state index in [1.54, 1.807) is 39.6 Å². The molecule has 1 amide bonds. The summed E-state index contributed by atoms with van der Waals surface area (Å²) in [5.41, 5.74) is 4.12. The van der Waals surface area contributed by atoms with Crippen molar-refractivity contribution in [2.24, 2.45) is 4.99 Å². The lowest BCUT2D eigenvalue weighted by Crippen LogP contribution is -2.38. The Balaban J connectivity index is 1.46. The average Bonchev–Trinajstić information content (AvgIpc) is 3.40. The zero-order chi connectivity index (χ0) is 28.8. The number of pyridine rings is 1. The van der Waals surface area contributed by atoms with Crippen LogP contribution in [0.1, 0.15) is 36.1 Å². The van der Waals surface area contributed by atoms with E-state index in [-0.39, 0.29) is 18.9 Å². The summed E-state index contributed by atoms with van der Waals surface area (Å²) in [6, 6.07) is 18.1. The molecule has 0 saturated heterocycles. The number of esters is 1. The van der Waals surface area contributed by atoms with E-state index in [4.69, 9.17) is 19.2 Å². The van der Waals surface area contributed by atoms with E-state index in [2.05, 4.69) is 10.3 Å². The van der Waals surface area contributed by atoms with Gasteiger partial charge in [0.15, 0.2) is 5.17 Å². The summed E-state index contributed by atoms with van der Waals surface area (Å²) < 4.78 is 17.0. The summed E-state index contributed by atoms with van der Waals surface area (Å²) in [5.74, 6) is 0.496. The Labute approximate surface area is 242 Å². The van der Waals surface area contributed by atoms with Crippen molar-refractivity contribution in [1.82, 2.24) is 15.2 Å². The average molecular weight is 571 g/mol. The number of carbonyl (C=O) groups excluding carboxylic acids is 2. The number of thioether (sulfide) groups is 1. The minimum absolute atomic E-state index is 0.0899. The van der Waals surface area contributed by atoms with E-state index < -0.39 is 12.0 Å². The van der Waals surface area contributed by atoms with Crippen LogP contribution in [0.2, 0.25) is 0 Å². The molecule has 0 bridgehead atoms. The molecule has 0 aliphatic carbocycles. The maximum Gasteiger partial charge on any atom is 0.338 e. The van der Waals surface area contributed by atoms with Gasteiger partial charge in [-0.05, 0) is 41.7 Å². The number of aliphatic imine (C=N–C) groups is 1. The molecule has 0 radical (unpaired) electrons. The van der Waals surface area contributed by atoms with Crippen LogP contribution in [0, 0.1) is 0 Å². The van der Waals surface area contributed by atoms with Crippen molar-refractivity contribution >= 4 is 28.8 Å². The summed E-state index contributed by atoms with van der Waals surface area (Å²) in [5, 5.41) is 5.52. The number of nitrogens with zero attached hydrogens (tertiary/aromatic N) is 3. The van der Waals surface area contributed by atoms with Gasteiger partial charge in [0.2, 0.25) is 5.91 Å². The maximum atomic E-state index is 13.7. The van der Waals surface area contributed by atoms with Crippen LogP contribution < -0.4 is 14.8 Å². The molecular formula is C31H30N4O5S. The number of hydrogen-bond donors (Lipinski definition) is 1. The highest BCUT2D eigenvalue weighted by Gasteiger charge is 2.42. The van der Waals surface area contributed by atoms with Crippen molar-refractivity contribution < 1.29 is 23.8 Å². The molecule has 1 aromatic heterocycles. The lowest BCUT2D eigenvalue weighted by Gasteiger charge is -2.36. The molecule has 10 heteroatoms. The Morgan fingerprint density at radius 3 is 2.56 bits per heavy atom. The van der Waals surface area contributed by atoms with Crippen molar-refractivity contribution in [3.05, 3.63) is 112 Å². The van der Waals surface area contributed by atoms with Crippen molar-refractivity contribution in [2.45, 2.75) is 32.5 Å². The zero-order valence-corrected chi connectivity index (χ0v) is 23.8. The summed E-state index contributed by atoms with van der Waals surface area (Å²) in [6.45, 7) is 2.28. The Bertz CT molecular complexity index is 1520. The second kappa shape index (κ2) is 12.7. The predicted octanol–water partition coefficient (Wildman–Crippen LogP) is 5.12. The molecular weight excluding hydrogens is 540 g/mol. The number of nitrogens with one attached hydrogen (secondary N) is 1. The Morgan fingerprint density at radius 1 is 1.02 bits per heavy atom. The molecule has 3 heterocycles. The van der Waals surface area contributed by atoms with Crippen molar-refractivity contribution in [2.75, 3.05) is 14.2 Å². The van der Waals surface area contributed by atoms with Crippen LogP contribution in [-0.2, 0) is 27.5 Å². The maximum absolute atomic E-state index is 13.7. The molecule has 9 nitrogen and oxygen atoms in total. The third kappa shape index (κ3) is 6.28. The van der Waals surface area contributed by atoms with Crippen LogP contribution in [0.4, 0.5) is 0 Å². The number of carbonyl (C=O) groups is 2. The van der Waals surface area contributed by atoms with Crippen molar-refractivity contribution in [1.29, 1.82) is 0 Å². The van der Waals surface area contributed by atoms with E-state index in [1.807, 2.05) is 64.9 Å². The van der Waals surface area contributed by atoms with Gasteiger partial charge in [0.1, 0.15) is 18.1 Å². The SMILES string of the molecule is COc1ccc(C2C(C(=O)OCc3ccccc3)=C(C)N=C3SC=C(CC(=O)NCc4cccnc4)N32)c(OC)c1. The Kier molecular flexibility index (Phi) is 8.69. The van der Waals surface area contributed by atoms with Crippen LogP contribution in [0.25, 0.3) is 0 Å². The van der Waals surface area contributed by atoms with Gasteiger partial charge < -0.3 is 24.4 Å². The summed E-state index contributed by atoms with van der Waals surface area (Å²) in [7, 11) is 3.15. The molecule has 1 atom stereocenters. The number of hydrogen-bond acceptors (Lipinski definition) is 9. The highest BCUT2D eigenvalue weighted by atomic mass is 32.2. The number of methoxy groups -OCH3 is 2. The highest BCUT2D eigenvalue weighted by Crippen LogP contribution is 2.47. The molecule has 1 N–H and O–H groups in total. The van der Waals surface area contributed by atoms with E-state index in [1.165, 1.54) is 11.8 Å². The predicted molar refractivity (Wildman–Crippen MR) is 157 cm³/mol. The van der Waals surface area contributed by atoms with Crippen LogP contribution in [-0.4, -0.2) is 41.1 Å². The Hall–Kier alpha value is -4.57. The molecule has 0 fully saturated rings. The van der Waals surface area contributed by atoms with Gasteiger partial charge in [-0.25, -0.2) is 9.79 Å². The Morgan fingerprint density at radius 2 is 1.83 bits per heavy atom. The smallest absolute Gasteiger partial charge is 0.338 e. The molecule has 2 aromatic carbocycles. The van der Waals surface area contributed by atoms with E-state index in [0.717, 1.165) is 16.7 Å². The fourth-order valence-corrected chi connectivity index (χ4v) is 5.66. The van der Waals surface area contributed by atoms with Gasteiger partial charge in [-0.2, -0.15) is 0 Å². The summed E-state index contributed by atoms with van der Waals surface area (Å²) in [6.07, 6.45) is 3.49.